The zero-order valence-electron chi connectivity index (χ0n) is 17.2. The number of hydrogen-bond acceptors (Lipinski definition) is 7. The first-order valence-electron chi connectivity index (χ1n) is 9.31. The van der Waals surface area contributed by atoms with Gasteiger partial charge in [0.05, 0.1) is 27.0 Å². The molecule has 2 heterocycles. The first-order chi connectivity index (χ1) is 15.1. The summed E-state index contributed by atoms with van der Waals surface area (Å²) >= 11 is 1.45. The molecule has 0 aliphatic carbocycles. The van der Waals surface area contributed by atoms with E-state index in [1.54, 1.807) is 44.1 Å². The second-order valence-corrected chi connectivity index (χ2v) is 7.25. The summed E-state index contributed by atoms with van der Waals surface area (Å²) in [5, 5.41) is 9.09. The number of nitrogens with zero attached hydrogens (tertiary/aromatic N) is 3. The molecule has 0 radical (unpaired) electrons. The molecular weight excluding hydrogens is 416 g/mol. The predicted molar refractivity (Wildman–Crippen MR) is 120 cm³/mol. The molecule has 0 unspecified atom stereocenters. The third kappa shape index (κ3) is 4.36. The highest BCUT2D eigenvalue weighted by molar-refractivity contribution is 7.15. The van der Waals surface area contributed by atoms with Gasteiger partial charge in [0.25, 0.3) is 11.9 Å². The molecule has 2 aromatic heterocycles. The van der Waals surface area contributed by atoms with Gasteiger partial charge in [0.1, 0.15) is 5.75 Å². The van der Waals surface area contributed by atoms with E-state index in [4.69, 9.17) is 14.2 Å². The fourth-order valence-corrected chi connectivity index (χ4v) is 3.81. The van der Waals surface area contributed by atoms with E-state index in [0.29, 0.717) is 16.5 Å². The van der Waals surface area contributed by atoms with Gasteiger partial charge in [0, 0.05) is 17.0 Å². The Morgan fingerprint density at radius 3 is 2.52 bits per heavy atom. The van der Waals surface area contributed by atoms with Crippen LogP contribution in [0.3, 0.4) is 0 Å². The summed E-state index contributed by atoms with van der Waals surface area (Å²) in [5.41, 5.74) is 2.66. The molecule has 0 bridgehead atoms. The third-order valence-corrected chi connectivity index (χ3v) is 5.35. The molecule has 0 aliphatic heterocycles. The zero-order chi connectivity index (χ0) is 21.8. The third-order valence-electron chi connectivity index (χ3n) is 4.54. The molecule has 158 valence electrons. The number of ether oxygens (including phenoxy) is 3. The van der Waals surface area contributed by atoms with Crippen LogP contribution in [0.15, 0.2) is 53.9 Å². The number of carbonyl (C=O) groups excluding carboxylic acids is 1. The maximum absolute atomic E-state index is 12.3. The number of fused-ring (bicyclic) bond motifs is 1. The maximum atomic E-state index is 12.3. The summed E-state index contributed by atoms with van der Waals surface area (Å²) in [7, 11) is 4.77. The van der Waals surface area contributed by atoms with Crippen molar-refractivity contribution in [3.8, 4) is 28.5 Å². The molecule has 0 saturated heterocycles. The van der Waals surface area contributed by atoms with Gasteiger partial charge in [-0.25, -0.2) is 4.52 Å². The molecule has 9 heteroatoms. The van der Waals surface area contributed by atoms with E-state index in [0.717, 1.165) is 22.6 Å². The average molecular weight is 436 g/mol. The number of nitrogens with one attached hydrogen (secondary N) is 1. The van der Waals surface area contributed by atoms with Gasteiger partial charge >= 0.3 is 0 Å². The second kappa shape index (κ2) is 8.88. The number of thiazole rings is 1. The molecule has 0 spiro atoms. The number of rotatable bonds is 7. The Kier molecular flexibility index (Phi) is 5.85. The van der Waals surface area contributed by atoms with Gasteiger partial charge in [0.15, 0.2) is 11.5 Å². The largest absolute Gasteiger partial charge is 0.497 e. The van der Waals surface area contributed by atoms with E-state index in [-0.39, 0.29) is 11.9 Å². The fourth-order valence-electron chi connectivity index (χ4n) is 2.97. The van der Waals surface area contributed by atoms with Crippen molar-refractivity contribution in [2.45, 2.75) is 0 Å². The summed E-state index contributed by atoms with van der Waals surface area (Å²) in [6.07, 6.45) is 3.10. The molecule has 0 atom stereocenters. The summed E-state index contributed by atoms with van der Waals surface area (Å²) in [6, 6.07) is 13.1. The lowest BCUT2D eigenvalue weighted by atomic mass is 10.2. The number of methoxy groups -OCH3 is 3. The number of benzene rings is 2. The molecule has 4 aromatic rings. The quantitative estimate of drug-likeness (QED) is 0.438. The van der Waals surface area contributed by atoms with E-state index in [2.05, 4.69) is 15.4 Å². The number of carbonyl (C=O) groups is 1. The highest BCUT2D eigenvalue weighted by Crippen LogP contribution is 2.29. The van der Waals surface area contributed by atoms with Crippen LogP contribution >= 0.6 is 11.3 Å². The number of amides is 1. The van der Waals surface area contributed by atoms with Crippen LogP contribution in [0, 0.1) is 0 Å². The first kappa shape index (κ1) is 20.4. The first-order valence-corrected chi connectivity index (χ1v) is 10.2. The summed E-state index contributed by atoms with van der Waals surface area (Å²) < 4.78 is 17.4. The van der Waals surface area contributed by atoms with Crippen LogP contribution in [0.25, 0.3) is 22.3 Å². The van der Waals surface area contributed by atoms with Crippen molar-refractivity contribution in [2.75, 3.05) is 26.6 Å². The van der Waals surface area contributed by atoms with E-state index >= 15 is 0 Å². The lowest BCUT2D eigenvalue weighted by Gasteiger charge is -2.07. The van der Waals surface area contributed by atoms with Gasteiger partial charge in [-0.1, -0.05) is 6.07 Å². The van der Waals surface area contributed by atoms with E-state index in [1.165, 1.54) is 17.4 Å². The Bertz CT molecular complexity index is 1240. The molecule has 0 aliphatic rings. The second-order valence-electron chi connectivity index (χ2n) is 6.42. The minimum Gasteiger partial charge on any atom is -0.497 e. The van der Waals surface area contributed by atoms with Crippen LogP contribution in [-0.4, -0.2) is 41.8 Å². The summed E-state index contributed by atoms with van der Waals surface area (Å²) in [4.78, 5) is 17.4. The molecule has 4 rings (SSSR count). The summed E-state index contributed by atoms with van der Waals surface area (Å²) in [5.74, 6) is 1.90. The van der Waals surface area contributed by atoms with Gasteiger partial charge < -0.3 is 14.2 Å². The fraction of sp³-hybridized carbons (Fsp3) is 0.136. The van der Waals surface area contributed by atoms with E-state index in [1.807, 2.05) is 35.7 Å². The number of hydrogen-bond donors (Lipinski definition) is 1. The molecule has 1 N–H and O–H groups in total. The standard InChI is InChI=1S/C22H20N4O4S/c1-28-16-8-6-15(7-9-16)17-13-31-22-24-21(25-26(17)22)23-20(27)11-5-14-4-10-18(29-2)19(12-14)30-3/h4-13H,1-3H3,(H,23,25,27)/b11-5+. The summed E-state index contributed by atoms with van der Waals surface area (Å²) in [6.45, 7) is 0. The van der Waals surface area contributed by atoms with Crippen LogP contribution in [0.2, 0.25) is 0 Å². The normalized spacial score (nSPS) is 11.1. The zero-order valence-corrected chi connectivity index (χ0v) is 18.0. The van der Waals surface area contributed by atoms with Crippen LogP contribution in [0.1, 0.15) is 5.56 Å². The van der Waals surface area contributed by atoms with Crippen molar-refractivity contribution in [3.63, 3.8) is 0 Å². The van der Waals surface area contributed by atoms with Crippen LogP contribution in [0.5, 0.6) is 17.2 Å². The molecule has 2 aromatic carbocycles. The average Bonchev–Trinajstić information content (AvgIpc) is 3.37. The van der Waals surface area contributed by atoms with Crippen molar-refractivity contribution < 1.29 is 19.0 Å². The van der Waals surface area contributed by atoms with Gasteiger partial charge in [-0.05, 0) is 48.0 Å². The molecule has 0 fully saturated rings. The van der Waals surface area contributed by atoms with E-state index in [9.17, 15) is 4.79 Å². The van der Waals surface area contributed by atoms with Crippen molar-refractivity contribution in [3.05, 3.63) is 59.5 Å². The highest BCUT2D eigenvalue weighted by atomic mass is 32.1. The Hall–Kier alpha value is -3.85. The number of anilines is 1. The highest BCUT2D eigenvalue weighted by Gasteiger charge is 2.13. The van der Waals surface area contributed by atoms with Gasteiger partial charge in [0.2, 0.25) is 4.96 Å². The lowest BCUT2D eigenvalue weighted by Crippen LogP contribution is -2.09. The van der Waals surface area contributed by atoms with E-state index < -0.39 is 0 Å². The van der Waals surface area contributed by atoms with Crippen molar-refractivity contribution in [2.24, 2.45) is 0 Å². The van der Waals surface area contributed by atoms with Crippen molar-refractivity contribution >= 4 is 34.2 Å². The molecule has 0 saturated carbocycles. The van der Waals surface area contributed by atoms with Crippen molar-refractivity contribution in [1.29, 1.82) is 0 Å². The van der Waals surface area contributed by atoms with Crippen LogP contribution in [-0.2, 0) is 4.79 Å². The molecule has 1 amide bonds. The SMILES string of the molecule is COc1ccc(-c2csc3nc(NC(=O)/C=C/c4ccc(OC)c(OC)c4)nn23)cc1. The number of aromatic nitrogens is 3. The van der Waals surface area contributed by atoms with Crippen molar-refractivity contribution in [1.82, 2.24) is 14.6 Å². The topological polar surface area (TPSA) is 87.0 Å². The molecule has 31 heavy (non-hydrogen) atoms. The molecule has 8 nitrogen and oxygen atoms in total. The predicted octanol–water partition coefficient (Wildman–Crippen LogP) is 4.14. The van der Waals surface area contributed by atoms with Crippen LogP contribution < -0.4 is 19.5 Å². The minimum atomic E-state index is -0.334. The Labute approximate surface area is 182 Å². The van der Waals surface area contributed by atoms with Gasteiger partial charge in [-0.15, -0.1) is 16.4 Å². The van der Waals surface area contributed by atoms with Gasteiger partial charge in [-0.2, -0.15) is 4.98 Å². The lowest BCUT2D eigenvalue weighted by molar-refractivity contribution is -0.111. The monoisotopic (exact) mass is 436 g/mol. The molecular formula is C22H20N4O4S. The minimum absolute atomic E-state index is 0.239. The maximum Gasteiger partial charge on any atom is 0.250 e. The van der Waals surface area contributed by atoms with Gasteiger partial charge in [-0.3, -0.25) is 10.1 Å². The smallest absolute Gasteiger partial charge is 0.250 e. The Morgan fingerprint density at radius 1 is 1.03 bits per heavy atom. The Balaban J connectivity index is 1.49. The Morgan fingerprint density at radius 2 is 1.81 bits per heavy atom. The van der Waals surface area contributed by atoms with Crippen LogP contribution in [0.4, 0.5) is 5.95 Å².